The van der Waals surface area contributed by atoms with Crippen LogP contribution in [-0.4, -0.2) is 9.97 Å². The van der Waals surface area contributed by atoms with Gasteiger partial charge in [0.05, 0.1) is 6.04 Å². The standard InChI is InChI=1S/C15H23N5S/c1-4-7-13-18-14(10(3)15(19-13)20-16)17-11(5-2)12-8-6-9-21-12/h6,8-9,11H,4-5,7,16H2,1-3H3,(H2,17,18,19,20). The van der Waals surface area contributed by atoms with Gasteiger partial charge in [-0.05, 0) is 31.2 Å². The lowest BCUT2D eigenvalue weighted by Gasteiger charge is -2.19. The topological polar surface area (TPSA) is 75.9 Å². The summed E-state index contributed by atoms with van der Waals surface area (Å²) in [5.41, 5.74) is 3.62. The van der Waals surface area contributed by atoms with Crippen molar-refractivity contribution in [3.8, 4) is 0 Å². The van der Waals surface area contributed by atoms with Gasteiger partial charge in [0.2, 0.25) is 0 Å². The Morgan fingerprint density at radius 1 is 1.29 bits per heavy atom. The Balaban J connectivity index is 2.31. The molecule has 2 heterocycles. The number of rotatable bonds is 7. The van der Waals surface area contributed by atoms with Crippen molar-refractivity contribution < 1.29 is 0 Å². The first-order valence-corrected chi connectivity index (χ1v) is 8.21. The van der Waals surface area contributed by atoms with Crippen LogP contribution in [0.4, 0.5) is 11.6 Å². The zero-order chi connectivity index (χ0) is 15.2. The number of nitrogens with two attached hydrogens (primary N) is 1. The van der Waals surface area contributed by atoms with Gasteiger partial charge in [0, 0.05) is 16.9 Å². The fourth-order valence-electron chi connectivity index (χ4n) is 2.21. The predicted octanol–water partition coefficient (Wildman–Crippen LogP) is 3.65. The normalized spacial score (nSPS) is 12.2. The van der Waals surface area contributed by atoms with Crippen LogP contribution in [0.1, 0.15) is 49.0 Å². The summed E-state index contributed by atoms with van der Waals surface area (Å²) >= 11 is 1.76. The van der Waals surface area contributed by atoms with E-state index in [0.717, 1.165) is 36.5 Å². The zero-order valence-electron chi connectivity index (χ0n) is 12.8. The summed E-state index contributed by atoms with van der Waals surface area (Å²) in [4.78, 5) is 10.4. The number of nitrogens with zero attached hydrogens (tertiary/aromatic N) is 2. The molecule has 0 amide bonds. The highest BCUT2D eigenvalue weighted by Crippen LogP contribution is 2.28. The van der Waals surface area contributed by atoms with E-state index in [0.29, 0.717) is 5.82 Å². The largest absolute Gasteiger partial charge is 0.362 e. The number of nitrogen functional groups attached to an aromatic ring is 1. The van der Waals surface area contributed by atoms with Crippen LogP contribution in [0.2, 0.25) is 0 Å². The van der Waals surface area contributed by atoms with Crippen LogP contribution in [0.3, 0.4) is 0 Å². The van der Waals surface area contributed by atoms with E-state index in [2.05, 4.69) is 52.1 Å². The van der Waals surface area contributed by atoms with Crippen molar-refractivity contribution in [2.45, 2.75) is 46.1 Å². The molecule has 2 aromatic rings. The molecule has 0 aliphatic heterocycles. The molecule has 0 aliphatic carbocycles. The summed E-state index contributed by atoms with van der Waals surface area (Å²) in [6, 6.07) is 4.49. The highest BCUT2D eigenvalue weighted by Gasteiger charge is 2.15. The van der Waals surface area contributed by atoms with Crippen LogP contribution in [0.5, 0.6) is 0 Å². The summed E-state index contributed by atoms with van der Waals surface area (Å²) in [5, 5.41) is 5.64. The molecule has 2 rings (SSSR count). The van der Waals surface area contributed by atoms with Crippen LogP contribution < -0.4 is 16.6 Å². The fourth-order valence-corrected chi connectivity index (χ4v) is 3.07. The van der Waals surface area contributed by atoms with Gasteiger partial charge in [-0.3, -0.25) is 0 Å². The van der Waals surface area contributed by atoms with E-state index in [1.807, 2.05) is 6.92 Å². The number of thiophene rings is 1. The van der Waals surface area contributed by atoms with Crippen molar-refractivity contribution in [3.05, 3.63) is 33.8 Å². The van der Waals surface area contributed by atoms with Gasteiger partial charge in [0.15, 0.2) is 0 Å². The number of hydrazine groups is 1. The van der Waals surface area contributed by atoms with E-state index in [9.17, 15) is 0 Å². The summed E-state index contributed by atoms with van der Waals surface area (Å²) in [5.74, 6) is 7.95. The number of nitrogens with one attached hydrogen (secondary N) is 2. The molecule has 21 heavy (non-hydrogen) atoms. The van der Waals surface area contributed by atoms with Gasteiger partial charge in [0.25, 0.3) is 0 Å². The molecule has 0 saturated carbocycles. The molecule has 0 bridgehead atoms. The van der Waals surface area contributed by atoms with Crippen molar-refractivity contribution in [3.63, 3.8) is 0 Å². The monoisotopic (exact) mass is 305 g/mol. The average molecular weight is 305 g/mol. The fraction of sp³-hybridized carbons (Fsp3) is 0.467. The molecule has 5 nitrogen and oxygen atoms in total. The number of hydrogen-bond donors (Lipinski definition) is 3. The first-order valence-electron chi connectivity index (χ1n) is 7.33. The van der Waals surface area contributed by atoms with Crippen molar-refractivity contribution in [1.82, 2.24) is 9.97 Å². The minimum Gasteiger partial charge on any atom is -0.362 e. The van der Waals surface area contributed by atoms with E-state index < -0.39 is 0 Å². The Kier molecular flexibility index (Phi) is 5.52. The van der Waals surface area contributed by atoms with Gasteiger partial charge in [-0.2, -0.15) is 0 Å². The smallest absolute Gasteiger partial charge is 0.148 e. The lowest BCUT2D eigenvalue weighted by molar-refractivity contribution is 0.749. The second-order valence-corrected chi connectivity index (χ2v) is 5.96. The Morgan fingerprint density at radius 3 is 2.62 bits per heavy atom. The highest BCUT2D eigenvalue weighted by molar-refractivity contribution is 7.10. The molecule has 2 aromatic heterocycles. The van der Waals surface area contributed by atoms with E-state index in [4.69, 9.17) is 5.84 Å². The highest BCUT2D eigenvalue weighted by atomic mass is 32.1. The maximum Gasteiger partial charge on any atom is 0.148 e. The van der Waals surface area contributed by atoms with Crippen LogP contribution >= 0.6 is 11.3 Å². The Morgan fingerprint density at radius 2 is 2.05 bits per heavy atom. The first kappa shape index (κ1) is 15.7. The number of aromatic nitrogens is 2. The second kappa shape index (κ2) is 7.38. The number of aryl methyl sites for hydroxylation is 1. The van der Waals surface area contributed by atoms with E-state index >= 15 is 0 Å². The third-order valence-corrected chi connectivity index (χ3v) is 4.39. The minimum atomic E-state index is 0.263. The van der Waals surface area contributed by atoms with E-state index in [1.54, 1.807) is 11.3 Å². The predicted molar refractivity (Wildman–Crippen MR) is 89.5 cm³/mol. The van der Waals surface area contributed by atoms with Gasteiger partial charge in [-0.25, -0.2) is 15.8 Å². The number of anilines is 2. The van der Waals surface area contributed by atoms with Crippen molar-refractivity contribution in [1.29, 1.82) is 0 Å². The Hall–Kier alpha value is -1.66. The van der Waals surface area contributed by atoms with Gasteiger partial charge < -0.3 is 10.7 Å². The summed E-state index contributed by atoms with van der Waals surface area (Å²) in [7, 11) is 0. The van der Waals surface area contributed by atoms with Gasteiger partial charge >= 0.3 is 0 Å². The Bertz CT molecular complexity index is 568. The van der Waals surface area contributed by atoms with Gasteiger partial charge in [-0.15, -0.1) is 11.3 Å². The maximum atomic E-state index is 5.58. The zero-order valence-corrected chi connectivity index (χ0v) is 13.6. The van der Waals surface area contributed by atoms with Crippen LogP contribution in [0.25, 0.3) is 0 Å². The third-order valence-electron chi connectivity index (χ3n) is 3.41. The average Bonchev–Trinajstić information content (AvgIpc) is 3.01. The lowest BCUT2D eigenvalue weighted by atomic mass is 10.1. The molecule has 114 valence electrons. The first-order chi connectivity index (χ1) is 10.2. The molecule has 0 radical (unpaired) electrons. The summed E-state index contributed by atoms with van der Waals surface area (Å²) in [6.07, 6.45) is 2.85. The van der Waals surface area contributed by atoms with Crippen molar-refractivity contribution >= 4 is 23.0 Å². The van der Waals surface area contributed by atoms with E-state index in [-0.39, 0.29) is 6.04 Å². The SMILES string of the molecule is CCCc1nc(NN)c(C)c(NC(CC)c2cccs2)n1. The minimum absolute atomic E-state index is 0.263. The van der Waals surface area contributed by atoms with Gasteiger partial charge in [-0.1, -0.05) is 19.9 Å². The molecular formula is C15H23N5S. The van der Waals surface area contributed by atoms with Gasteiger partial charge in [0.1, 0.15) is 17.5 Å². The molecule has 1 unspecified atom stereocenters. The van der Waals surface area contributed by atoms with Crippen LogP contribution in [-0.2, 0) is 6.42 Å². The molecule has 0 spiro atoms. The quantitative estimate of drug-likeness (QED) is 0.538. The van der Waals surface area contributed by atoms with Crippen molar-refractivity contribution in [2.24, 2.45) is 5.84 Å². The molecule has 0 saturated heterocycles. The molecule has 0 fully saturated rings. The third kappa shape index (κ3) is 3.71. The molecule has 1 atom stereocenters. The maximum absolute atomic E-state index is 5.58. The second-order valence-electron chi connectivity index (χ2n) is 4.98. The molecule has 6 heteroatoms. The van der Waals surface area contributed by atoms with Crippen LogP contribution in [0.15, 0.2) is 17.5 Å². The molecular weight excluding hydrogens is 282 g/mol. The lowest BCUT2D eigenvalue weighted by Crippen LogP contribution is -2.17. The summed E-state index contributed by atoms with van der Waals surface area (Å²) < 4.78 is 0. The van der Waals surface area contributed by atoms with Crippen LogP contribution in [0, 0.1) is 6.92 Å². The van der Waals surface area contributed by atoms with E-state index in [1.165, 1.54) is 4.88 Å². The summed E-state index contributed by atoms with van der Waals surface area (Å²) in [6.45, 7) is 6.27. The number of hydrogen-bond acceptors (Lipinski definition) is 6. The molecule has 0 aromatic carbocycles. The molecule has 0 aliphatic rings. The molecule has 4 N–H and O–H groups in total. The van der Waals surface area contributed by atoms with Crippen molar-refractivity contribution in [2.75, 3.05) is 10.7 Å². The Labute approximate surface area is 130 Å².